The molecule has 0 saturated heterocycles. The molecule has 0 aromatic heterocycles. The summed E-state index contributed by atoms with van der Waals surface area (Å²) in [4.78, 5) is 23.8. The second kappa shape index (κ2) is 5.97. The zero-order valence-electron chi connectivity index (χ0n) is 11.0. The van der Waals surface area contributed by atoms with Crippen LogP contribution in [-0.4, -0.2) is 17.9 Å². The molecule has 0 atom stereocenters. The number of likely N-dealkylation sites (N-methyl/N-ethyl adjacent to an activating group) is 1. The Kier molecular flexibility index (Phi) is 4.10. The first-order valence-corrected chi connectivity index (χ1v) is 6.13. The minimum Gasteiger partial charge on any atom is -0.315 e. The van der Waals surface area contributed by atoms with E-state index in [9.17, 15) is 14.9 Å². The number of carbonyl (C=O) groups is 1. The van der Waals surface area contributed by atoms with Crippen molar-refractivity contribution in [1.29, 1.82) is 0 Å². The maximum absolute atomic E-state index is 12.2. The molecule has 2 aromatic carbocycles. The second-order valence-electron chi connectivity index (χ2n) is 4.39. The zero-order chi connectivity index (χ0) is 14.5. The molecule has 102 valence electrons. The molecule has 2 rings (SSSR count). The predicted molar refractivity (Wildman–Crippen MR) is 76.7 cm³/mol. The Balaban J connectivity index is 2.14. The topological polar surface area (TPSA) is 63.5 Å². The Morgan fingerprint density at radius 2 is 1.85 bits per heavy atom. The molecule has 0 saturated carbocycles. The van der Waals surface area contributed by atoms with Crippen LogP contribution in [0.25, 0.3) is 0 Å². The Morgan fingerprint density at radius 1 is 1.15 bits per heavy atom. The quantitative estimate of drug-likeness (QED) is 0.634. The van der Waals surface area contributed by atoms with Gasteiger partial charge in [0, 0.05) is 19.2 Å². The van der Waals surface area contributed by atoms with E-state index in [0.29, 0.717) is 5.69 Å². The van der Waals surface area contributed by atoms with Gasteiger partial charge in [-0.15, -0.1) is 0 Å². The van der Waals surface area contributed by atoms with Crippen molar-refractivity contribution in [2.75, 3.05) is 11.9 Å². The number of nitrogens with zero attached hydrogens (tertiary/aromatic N) is 2. The van der Waals surface area contributed by atoms with Crippen LogP contribution in [0.5, 0.6) is 0 Å². The van der Waals surface area contributed by atoms with Crippen molar-refractivity contribution in [3.63, 3.8) is 0 Å². The number of non-ortho nitro benzene ring substituents is 1. The van der Waals surface area contributed by atoms with Gasteiger partial charge in [0.05, 0.1) is 17.0 Å². The van der Waals surface area contributed by atoms with Crippen molar-refractivity contribution < 1.29 is 9.72 Å². The molecule has 0 N–H and O–H groups in total. The molecule has 0 heterocycles. The first-order valence-electron chi connectivity index (χ1n) is 6.13. The fourth-order valence-electron chi connectivity index (χ4n) is 1.85. The molecule has 0 unspecified atom stereocenters. The van der Waals surface area contributed by atoms with E-state index in [1.54, 1.807) is 19.2 Å². The Morgan fingerprint density at radius 3 is 2.50 bits per heavy atom. The number of anilines is 1. The summed E-state index contributed by atoms with van der Waals surface area (Å²) in [7, 11) is 1.62. The third-order valence-corrected chi connectivity index (χ3v) is 3.00. The average molecular weight is 270 g/mol. The van der Waals surface area contributed by atoms with Crippen LogP contribution in [0, 0.1) is 10.1 Å². The van der Waals surface area contributed by atoms with Gasteiger partial charge in [-0.2, -0.15) is 0 Å². The number of nitro groups is 1. The zero-order valence-corrected chi connectivity index (χ0v) is 11.0. The summed E-state index contributed by atoms with van der Waals surface area (Å²) in [6.07, 6.45) is 0.264. The lowest BCUT2D eigenvalue weighted by Gasteiger charge is -2.17. The van der Waals surface area contributed by atoms with Gasteiger partial charge in [-0.1, -0.05) is 36.4 Å². The lowest BCUT2D eigenvalue weighted by Crippen LogP contribution is -2.27. The SMILES string of the molecule is CN(C(=O)Cc1ccccc1)c1cccc([N+](=O)[O-])c1. The number of carbonyl (C=O) groups excluding carboxylic acids is 1. The molecule has 0 aliphatic carbocycles. The van der Waals surface area contributed by atoms with Crippen molar-refractivity contribution >= 4 is 17.3 Å². The van der Waals surface area contributed by atoms with Crippen LogP contribution in [0.1, 0.15) is 5.56 Å². The van der Waals surface area contributed by atoms with E-state index in [1.807, 2.05) is 30.3 Å². The van der Waals surface area contributed by atoms with E-state index in [4.69, 9.17) is 0 Å². The van der Waals surface area contributed by atoms with Crippen molar-refractivity contribution in [2.45, 2.75) is 6.42 Å². The van der Waals surface area contributed by atoms with Gasteiger partial charge in [-0.05, 0) is 11.6 Å². The standard InChI is InChI=1S/C15H14N2O3/c1-16(13-8-5-9-14(11-13)17(19)20)15(18)10-12-6-3-2-4-7-12/h2-9,11H,10H2,1H3. The summed E-state index contributed by atoms with van der Waals surface area (Å²) in [5.41, 5.74) is 1.40. The maximum Gasteiger partial charge on any atom is 0.271 e. The summed E-state index contributed by atoms with van der Waals surface area (Å²) in [5.74, 6) is -0.114. The van der Waals surface area contributed by atoms with Gasteiger partial charge in [-0.25, -0.2) is 0 Å². The monoisotopic (exact) mass is 270 g/mol. The smallest absolute Gasteiger partial charge is 0.271 e. The molecule has 20 heavy (non-hydrogen) atoms. The Labute approximate surface area is 116 Å². The minimum absolute atomic E-state index is 0.0261. The third-order valence-electron chi connectivity index (χ3n) is 3.00. The summed E-state index contributed by atoms with van der Waals surface area (Å²) >= 11 is 0. The average Bonchev–Trinajstić information content (AvgIpc) is 2.47. The summed E-state index contributed by atoms with van der Waals surface area (Å²) < 4.78 is 0. The Hall–Kier alpha value is -2.69. The fourth-order valence-corrected chi connectivity index (χ4v) is 1.85. The molecule has 1 amide bonds. The molecule has 0 aliphatic rings. The normalized spacial score (nSPS) is 10.1. The molecule has 0 bridgehead atoms. The number of amides is 1. The number of benzene rings is 2. The molecule has 0 aliphatic heterocycles. The molecule has 2 aromatic rings. The molecule has 0 radical (unpaired) electrons. The van der Waals surface area contributed by atoms with Crippen LogP contribution >= 0.6 is 0 Å². The predicted octanol–water partition coefficient (Wildman–Crippen LogP) is 2.80. The van der Waals surface area contributed by atoms with E-state index >= 15 is 0 Å². The summed E-state index contributed by atoms with van der Waals surface area (Å²) in [5, 5.41) is 10.7. The van der Waals surface area contributed by atoms with Crippen LogP contribution in [0.2, 0.25) is 0 Å². The number of rotatable bonds is 4. The van der Waals surface area contributed by atoms with Crippen LogP contribution in [0.4, 0.5) is 11.4 Å². The van der Waals surface area contributed by atoms with Crippen molar-refractivity contribution in [2.24, 2.45) is 0 Å². The number of hydrogen-bond acceptors (Lipinski definition) is 3. The minimum atomic E-state index is -0.473. The molecular weight excluding hydrogens is 256 g/mol. The second-order valence-corrected chi connectivity index (χ2v) is 4.39. The summed E-state index contributed by atoms with van der Waals surface area (Å²) in [6, 6.07) is 15.4. The van der Waals surface area contributed by atoms with E-state index < -0.39 is 4.92 Å². The van der Waals surface area contributed by atoms with Gasteiger partial charge < -0.3 is 4.90 Å². The van der Waals surface area contributed by atoms with Crippen LogP contribution in [-0.2, 0) is 11.2 Å². The molecule has 0 fully saturated rings. The van der Waals surface area contributed by atoms with Crippen molar-refractivity contribution in [3.8, 4) is 0 Å². The van der Waals surface area contributed by atoms with Crippen LogP contribution in [0.15, 0.2) is 54.6 Å². The van der Waals surface area contributed by atoms with E-state index in [-0.39, 0.29) is 18.0 Å². The number of nitro benzene ring substituents is 1. The van der Waals surface area contributed by atoms with Gasteiger partial charge in [0.25, 0.3) is 5.69 Å². The first-order chi connectivity index (χ1) is 9.58. The van der Waals surface area contributed by atoms with Gasteiger partial charge in [0.15, 0.2) is 0 Å². The van der Waals surface area contributed by atoms with Crippen LogP contribution in [0.3, 0.4) is 0 Å². The fraction of sp³-hybridized carbons (Fsp3) is 0.133. The first kappa shape index (κ1) is 13.7. The van der Waals surface area contributed by atoms with E-state index in [1.165, 1.54) is 17.0 Å². The highest BCUT2D eigenvalue weighted by Crippen LogP contribution is 2.20. The maximum atomic E-state index is 12.2. The van der Waals surface area contributed by atoms with Gasteiger partial charge in [-0.3, -0.25) is 14.9 Å². The Bertz CT molecular complexity index is 626. The van der Waals surface area contributed by atoms with E-state index in [2.05, 4.69) is 0 Å². The van der Waals surface area contributed by atoms with Crippen molar-refractivity contribution in [1.82, 2.24) is 0 Å². The molecule has 5 heteroatoms. The van der Waals surface area contributed by atoms with Crippen LogP contribution < -0.4 is 4.90 Å². The molecular formula is C15H14N2O3. The lowest BCUT2D eigenvalue weighted by atomic mass is 10.1. The third kappa shape index (κ3) is 3.20. The highest BCUT2D eigenvalue weighted by Gasteiger charge is 2.14. The largest absolute Gasteiger partial charge is 0.315 e. The molecule has 0 spiro atoms. The van der Waals surface area contributed by atoms with Gasteiger partial charge in [0.2, 0.25) is 5.91 Å². The van der Waals surface area contributed by atoms with Crippen molar-refractivity contribution in [3.05, 3.63) is 70.3 Å². The number of hydrogen-bond donors (Lipinski definition) is 0. The highest BCUT2D eigenvalue weighted by atomic mass is 16.6. The van der Waals surface area contributed by atoms with E-state index in [0.717, 1.165) is 5.56 Å². The summed E-state index contributed by atoms with van der Waals surface area (Å²) in [6.45, 7) is 0. The van der Waals surface area contributed by atoms with Gasteiger partial charge >= 0.3 is 0 Å². The molecule has 5 nitrogen and oxygen atoms in total. The lowest BCUT2D eigenvalue weighted by molar-refractivity contribution is -0.384. The van der Waals surface area contributed by atoms with Gasteiger partial charge in [0.1, 0.15) is 0 Å². The highest BCUT2D eigenvalue weighted by molar-refractivity contribution is 5.94.